The zero-order valence-electron chi connectivity index (χ0n) is 15.5. The van der Waals surface area contributed by atoms with E-state index >= 15 is 0 Å². The van der Waals surface area contributed by atoms with Crippen molar-refractivity contribution >= 4 is 46.7 Å². The van der Waals surface area contributed by atoms with Crippen LogP contribution in [0.15, 0.2) is 33.0 Å². The minimum Gasteiger partial charge on any atom is -0.495 e. The lowest BCUT2D eigenvalue weighted by atomic mass is 10.3. The number of aromatic nitrogens is 2. The van der Waals surface area contributed by atoms with Gasteiger partial charge in [0, 0.05) is 24.3 Å². The van der Waals surface area contributed by atoms with Gasteiger partial charge < -0.3 is 14.8 Å². The van der Waals surface area contributed by atoms with Crippen molar-refractivity contribution in [3.8, 4) is 5.75 Å². The molecule has 7 nitrogen and oxygen atoms in total. The summed E-state index contributed by atoms with van der Waals surface area (Å²) in [4.78, 5) is 30.5. The van der Waals surface area contributed by atoms with E-state index in [1.807, 2.05) is 0 Å². The summed E-state index contributed by atoms with van der Waals surface area (Å²) in [6, 6.07) is 5.00. The summed E-state index contributed by atoms with van der Waals surface area (Å²) in [6.07, 6.45) is 0.764. The third kappa shape index (κ3) is 4.83. The smallest absolute Gasteiger partial charge is 0.268 e. The lowest BCUT2D eigenvalue weighted by Crippen LogP contribution is -2.27. The molecule has 0 aliphatic carbocycles. The summed E-state index contributed by atoms with van der Waals surface area (Å²) in [5.41, 5.74) is 1.24. The van der Waals surface area contributed by atoms with E-state index in [1.54, 1.807) is 29.9 Å². The second kappa shape index (κ2) is 9.69. The third-order valence-electron chi connectivity index (χ3n) is 4.04. The minimum absolute atomic E-state index is 0.0658. The Labute approximate surface area is 176 Å². The number of nitrogens with one attached hydrogen (secondary N) is 1. The number of anilines is 1. The van der Waals surface area contributed by atoms with Gasteiger partial charge in [0.1, 0.15) is 5.75 Å². The van der Waals surface area contributed by atoms with Crippen LogP contribution < -0.4 is 15.6 Å². The maximum Gasteiger partial charge on any atom is 0.268 e. The van der Waals surface area contributed by atoms with E-state index in [0.717, 1.165) is 17.9 Å². The zero-order valence-corrected chi connectivity index (χ0v) is 17.9. The number of nitrogens with zero attached hydrogens (tertiary/aromatic N) is 2. The third-order valence-corrected chi connectivity index (χ3v) is 6.35. The van der Waals surface area contributed by atoms with Crippen LogP contribution in [0.25, 0.3) is 0 Å². The van der Waals surface area contributed by atoms with Crippen molar-refractivity contribution in [1.29, 1.82) is 0 Å². The van der Waals surface area contributed by atoms with Gasteiger partial charge in [-0.1, -0.05) is 23.4 Å². The van der Waals surface area contributed by atoms with Gasteiger partial charge in [0.05, 0.1) is 42.3 Å². The lowest BCUT2D eigenvalue weighted by Gasteiger charge is -2.14. The van der Waals surface area contributed by atoms with Crippen LogP contribution in [0.2, 0.25) is 5.02 Å². The molecule has 1 aromatic heterocycles. The number of carbonyl (C=O) groups excluding carboxylic acids is 1. The predicted molar refractivity (Wildman–Crippen MR) is 112 cm³/mol. The number of hydrogen-bond acceptors (Lipinski definition) is 7. The zero-order chi connectivity index (χ0) is 20.1. The highest BCUT2D eigenvalue weighted by atomic mass is 35.5. The molecular weight excluding hydrogens is 422 g/mol. The van der Waals surface area contributed by atoms with Gasteiger partial charge in [-0.05, 0) is 18.2 Å². The van der Waals surface area contributed by atoms with Gasteiger partial charge in [-0.25, -0.2) is 4.98 Å². The van der Waals surface area contributed by atoms with E-state index < -0.39 is 0 Å². The first-order chi connectivity index (χ1) is 13.5. The Hall–Kier alpha value is -1.68. The first-order valence-electron chi connectivity index (χ1n) is 8.55. The van der Waals surface area contributed by atoms with Crippen molar-refractivity contribution in [2.45, 2.75) is 23.0 Å². The number of benzene rings is 1. The first-order valence-corrected chi connectivity index (χ1v) is 10.9. The Balaban J connectivity index is 1.75. The van der Waals surface area contributed by atoms with Crippen LogP contribution >= 0.6 is 35.1 Å². The molecule has 28 heavy (non-hydrogen) atoms. The summed E-state index contributed by atoms with van der Waals surface area (Å²) >= 11 is 8.75. The number of carbonyl (C=O) groups is 1. The normalized spacial score (nSPS) is 12.7. The molecule has 10 heteroatoms. The van der Waals surface area contributed by atoms with Crippen LogP contribution in [-0.4, -0.2) is 47.8 Å². The largest absolute Gasteiger partial charge is 0.495 e. The van der Waals surface area contributed by atoms with Crippen LogP contribution in [-0.2, 0) is 22.5 Å². The van der Waals surface area contributed by atoms with Crippen LogP contribution in [0.3, 0.4) is 0 Å². The summed E-state index contributed by atoms with van der Waals surface area (Å²) < 4.78 is 11.9. The average Bonchev–Trinajstić information content (AvgIpc) is 3.15. The highest BCUT2D eigenvalue weighted by Gasteiger charge is 2.22. The van der Waals surface area contributed by atoms with Crippen molar-refractivity contribution in [3.63, 3.8) is 0 Å². The Kier molecular flexibility index (Phi) is 7.28. The Morgan fingerprint density at radius 3 is 3.00 bits per heavy atom. The van der Waals surface area contributed by atoms with E-state index in [4.69, 9.17) is 21.1 Å². The molecule has 0 spiro atoms. The Bertz CT molecular complexity index is 936. The number of rotatable bonds is 8. The van der Waals surface area contributed by atoms with Gasteiger partial charge in [0.15, 0.2) is 5.16 Å². The molecule has 0 atom stereocenters. The molecule has 150 valence electrons. The molecule has 1 amide bonds. The van der Waals surface area contributed by atoms with Gasteiger partial charge in [-0.3, -0.25) is 14.2 Å². The molecule has 0 unspecified atom stereocenters. The molecule has 0 bridgehead atoms. The minimum atomic E-state index is -0.243. The Morgan fingerprint density at radius 1 is 1.43 bits per heavy atom. The van der Waals surface area contributed by atoms with E-state index in [-0.39, 0.29) is 17.2 Å². The van der Waals surface area contributed by atoms with Crippen LogP contribution in [0, 0.1) is 0 Å². The Morgan fingerprint density at radius 2 is 2.25 bits per heavy atom. The van der Waals surface area contributed by atoms with Crippen molar-refractivity contribution in [3.05, 3.63) is 39.3 Å². The fraction of sp³-hybridized carbons (Fsp3) is 0.389. The molecule has 1 aromatic carbocycles. The fourth-order valence-electron chi connectivity index (χ4n) is 2.71. The molecule has 2 heterocycles. The van der Waals surface area contributed by atoms with Crippen molar-refractivity contribution in [1.82, 2.24) is 9.55 Å². The maximum atomic E-state index is 12.7. The van der Waals surface area contributed by atoms with Crippen molar-refractivity contribution in [2.75, 3.05) is 37.6 Å². The molecule has 0 saturated heterocycles. The SMILES string of the molecule is COCCn1c(SCC(=O)Nc2cc(Cl)ccc2OC)nc2c(c1=O)SCC2. The number of hydrogen-bond donors (Lipinski definition) is 1. The van der Waals surface area contributed by atoms with Crippen LogP contribution in [0.1, 0.15) is 5.69 Å². The summed E-state index contributed by atoms with van der Waals surface area (Å²) in [5, 5.41) is 3.81. The van der Waals surface area contributed by atoms with Crippen LogP contribution in [0.4, 0.5) is 5.69 Å². The number of halogens is 1. The number of fused-ring (bicyclic) bond motifs is 1. The highest BCUT2D eigenvalue weighted by Crippen LogP contribution is 2.30. The first kappa shape index (κ1) is 21.0. The predicted octanol–water partition coefficient (Wildman–Crippen LogP) is 2.93. The standard InChI is InChI=1S/C18H20ClN3O4S2/c1-25-7-6-22-17(24)16-12(5-8-27-16)21-18(22)28-10-15(23)20-13-9-11(19)3-4-14(13)26-2/h3-4,9H,5-8,10H2,1-2H3,(H,20,23). The van der Waals surface area contributed by atoms with Crippen molar-refractivity contribution in [2.24, 2.45) is 0 Å². The molecule has 1 aliphatic heterocycles. The number of thioether (sulfide) groups is 2. The average molecular weight is 442 g/mol. The van der Waals surface area contributed by atoms with Gasteiger partial charge in [-0.2, -0.15) is 0 Å². The lowest BCUT2D eigenvalue weighted by molar-refractivity contribution is -0.113. The van der Waals surface area contributed by atoms with Gasteiger partial charge >= 0.3 is 0 Å². The number of aryl methyl sites for hydroxylation is 1. The number of amides is 1. The van der Waals surface area contributed by atoms with Gasteiger partial charge in [0.25, 0.3) is 5.56 Å². The van der Waals surface area contributed by atoms with E-state index in [2.05, 4.69) is 10.3 Å². The second-order valence-electron chi connectivity index (χ2n) is 5.90. The molecular formula is C18H20ClN3O4S2. The highest BCUT2D eigenvalue weighted by molar-refractivity contribution is 8.00. The summed E-state index contributed by atoms with van der Waals surface area (Å²) in [7, 11) is 3.10. The number of ether oxygens (including phenoxy) is 2. The molecule has 0 saturated carbocycles. The summed E-state index contributed by atoms with van der Waals surface area (Å²) in [5.74, 6) is 1.23. The second-order valence-corrected chi connectivity index (χ2v) is 8.38. The monoisotopic (exact) mass is 441 g/mol. The maximum absolute atomic E-state index is 12.7. The topological polar surface area (TPSA) is 82.4 Å². The molecule has 0 fully saturated rings. The van der Waals surface area contributed by atoms with Crippen molar-refractivity contribution < 1.29 is 14.3 Å². The fourth-order valence-corrected chi connectivity index (χ4v) is 4.76. The van der Waals surface area contributed by atoms with E-state index in [1.165, 1.54) is 30.6 Å². The molecule has 2 aromatic rings. The molecule has 1 aliphatic rings. The number of methoxy groups -OCH3 is 2. The van der Waals surface area contributed by atoms with Crippen LogP contribution in [0.5, 0.6) is 5.75 Å². The van der Waals surface area contributed by atoms with Gasteiger partial charge in [0.2, 0.25) is 5.91 Å². The van der Waals surface area contributed by atoms with E-state index in [9.17, 15) is 9.59 Å². The van der Waals surface area contributed by atoms with E-state index in [0.29, 0.717) is 39.7 Å². The summed E-state index contributed by atoms with van der Waals surface area (Å²) in [6.45, 7) is 0.784. The van der Waals surface area contributed by atoms with Gasteiger partial charge in [-0.15, -0.1) is 11.8 Å². The molecule has 0 radical (unpaired) electrons. The molecule has 3 rings (SSSR count). The molecule has 1 N–H and O–H groups in total. The quantitative estimate of drug-likeness (QED) is 0.498.